The van der Waals surface area contributed by atoms with E-state index in [0.717, 1.165) is 5.57 Å². The number of ether oxygens (including phenoxy) is 1. The molecule has 0 aromatic carbocycles. The zero-order valence-corrected chi connectivity index (χ0v) is 15.1. The van der Waals surface area contributed by atoms with Crippen LogP contribution in [0.25, 0.3) is 5.57 Å². The number of nitrogens with zero attached hydrogens (tertiary/aromatic N) is 2. The van der Waals surface area contributed by atoms with Crippen molar-refractivity contribution in [3.05, 3.63) is 30.4 Å². The second-order valence-corrected chi connectivity index (χ2v) is 7.49. The van der Waals surface area contributed by atoms with Gasteiger partial charge in [0.05, 0.1) is 0 Å². The molecule has 23 heavy (non-hydrogen) atoms. The van der Waals surface area contributed by atoms with Crippen molar-refractivity contribution in [2.45, 2.75) is 60.1 Å². The van der Waals surface area contributed by atoms with Crippen LogP contribution in [0.15, 0.2) is 23.3 Å². The van der Waals surface area contributed by atoms with E-state index < -0.39 is 17.7 Å². The van der Waals surface area contributed by atoms with E-state index in [9.17, 15) is 4.79 Å². The Balaban J connectivity index is 3.03. The summed E-state index contributed by atoms with van der Waals surface area (Å²) in [5.74, 6) is 0.815. The number of nitrogens with one attached hydrogen (secondary N) is 1. The van der Waals surface area contributed by atoms with E-state index in [1.54, 1.807) is 12.2 Å². The van der Waals surface area contributed by atoms with Gasteiger partial charge in [-0.2, -0.15) is 4.98 Å². The average Bonchev–Trinajstić information content (AvgIpc) is 2.81. The fourth-order valence-corrected chi connectivity index (χ4v) is 1.84. The molecule has 1 aromatic rings. The SMILES string of the molecule is C=C/C=C(\C)c1noc([C@@H](NC(=O)OC(C)(C)C)C(C)(C)C)n1. The Kier molecular flexibility index (Phi) is 5.75. The molecule has 0 bridgehead atoms. The van der Waals surface area contributed by atoms with Gasteiger partial charge in [-0.1, -0.05) is 44.7 Å². The van der Waals surface area contributed by atoms with Crippen LogP contribution >= 0.6 is 0 Å². The summed E-state index contributed by atoms with van der Waals surface area (Å²) in [7, 11) is 0. The van der Waals surface area contributed by atoms with Crippen molar-refractivity contribution in [2.24, 2.45) is 5.41 Å². The van der Waals surface area contributed by atoms with E-state index in [4.69, 9.17) is 9.26 Å². The number of amides is 1. The molecule has 0 saturated carbocycles. The Bertz CT molecular complexity index is 589. The van der Waals surface area contributed by atoms with Gasteiger partial charge in [0.1, 0.15) is 11.6 Å². The highest BCUT2D eigenvalue weighted by atomic mass is 16.6. The van der Waals surface area contributed by atoms with Gasteiger partial charge in [0, 0.05) is 0 Å². The molecule has 1 heterocycles. The van der Waals surface area contributed by atoms with Crippen LogP contribution < -0.4 is 5.32 Å². The van der Waals surface area contributed by atoms with E-state index >= 15 is 0 Å². The molecule has 6 nitrogen and oxygen atoms in total. The molecule has 1 amide bonds. The van der Waals surface area contributed by atoms with Gasteiger partial charge in [-0.15, -0.1) is 0 Å². The predicted octanol–water partition coefficient (Wildman–Crippen LogP) is 4.27. The van der Waals surface area contributed by atoms with Crippen LogP contribution in [0.3, 0.4) is 0 Å². The standard InChI is InChI=1S/C17H27N3O3/c1-9-10-11(2)13-19-14(23-20-13)12(16(3,4)5)18-15(21)22-17(6,7)8/h9-10,12H,1H2,2-8H3,(H,18,21)/b11-10+/t12-/m1/s1. The van der Waals surface area contributed by atoms with E-state index in [1.165, 1.54) is 0 Å². The van der Waals surface area contributed by atoms with Crippen molar-refractivity contribution in [2.75, 3.05) is 0 Å². The van der Waals surface area contributed by atoms with Gasteiger partial charge in [0.15, 0.2) is 5.82 Å². The Hall–Kier alpha value is -2.11. The summed E-state index contributed by atoms with van der Waals surface area (Å²) < 4.78 is 10.7. The molecule has 0 aliphatic carbocycles. The lowest BCUT2D eigenvalue weighted by atomic mass is 9.86. The second kappa shape index (κ2) is 6.98. The maximum Gasteiger partial charge on any atom is 0.408 e. The van der Waals surface area contributed by atoms with Gasteiger partial charge >= 0.3 is 6.09 Å². The molecule has 1 atom stereocenters. The molecule has 1 N–H and O–H groups in total. The molecule has 0 spiro atoms. The van der Waals surface area contributed by atoms with Crippen LogP contribution in [-0.4, -0.2) is 21.8 Å². The highest BCUT2D eigenvalue weighted by Gasteiger charge is 2.34. The van der Waals surface area contributed by atoms with Crippen molar-refractivity contribution < 1.29 is 14.1 Å². The number of alkyl carbamates (subject to hydrolysis) is 1. The maximum atomic E-state index is 12.1. The van der Waals surface area contributed by atoms with Crippen molar-refractivity contribution in [1.82, 2.24) is 15.5 Å². The summed E-state index contributed by atoms with van der Waals surface area (Å²) in [5.41, 5.74) is -0.0630. The third-order valence-electron chi connectivity index (χ3n) is 2.94. The number of allylic oxidation sites excluding steroid dienone is 3. The van der Waals surface area contributed by atoms with Crippen molar-refractivity contribution in [3.63, 3.8) is 0 Å². The molecule has 1 aromatic heterocycles. The minimum atomic E-state index is -0.574. The third-order valence-corrected chi connectivity index (χ3v) is 2.94. The minimum Gasteiger partial charge on any atom is -0.444 e. The first-order valence-corrected chi connectivity index (χ1v) is 7.57. The van der Waals surface area contributed by atoms with Crippen LogP contribution in [0.1, 0.15) is 66.2 Å². The van der Waals surface area contributed by atoms with Crippen LogP contribution in [0.5, 0.6) is 0 Å². The van der Waals surface area contributed by atoms with E-state index in [2.05, 4.69) is 22.0 Å². The Labute approximate surface area is 138 Å². The fourth-order valence-electron chi connectivity index (χ4n) is 1.84. The van der Waals surface area contributed by atoms with Crippen molar-refractivity contribution in [1.29, 1.82) is 0 Å². The summed E-state index contributed by atoms with van der Waals surface area (Å²) in [6, 6.07) is -0.463. The quantitative estimate of drug-likeness (QED) is 0.838. The lowest BCUT2D eigenvalue weighted by molar-refractivity contribution is 0.0442. The number of carbonyl (C=O) groups is 1. The summed E-state index contributed by atoms with van der Waals surface area (Å²) in [5, 5.41) is 6.77. The first-order chi connectivity index (χ1) is 10.4. The molecular formula is C17H27N3O3. The number of carbonyl (C=O) groups excluding carboxylic acids is 1. The zero-order valence-electron chi connectivity index (χ0n) is 15.1. The number of aromatic nitrogens is 2. The Morgan fingerprint density at radius 2 is 1.91 bits per heavy atom. The van der Waals surface area contributed by atoms with Gasteiger partial charge < -0.3 is 14.6 Å². The number of hydrogen-bond donors (Lipinski definition) is 1. The van der Waals surface area contributed by atoms with Crippen LogP contribution in [0.4, 0.5) is 4.79 Å². The minimum absolute atomic E-state index is 0.323. The summed E-state index contributed by atoms with van der Waals surface area (Å²) in [4.78, 5) is 16.5. The second-order valence-electron chi connectivity index (χ2n) is 7.49. The van der Waals surface area contributed by atoms with Crippen LogP contribution in [0, 0.1) is 5.41 Å². The lowest BCUT2D eigenvalue weighted by Crippen LogP contribution is -2.40. The predicted molar refractivity (Wildman–Crippen MR) is 89.7 cm³/mol. The van der Waals surface area contributed by atoms with E-state index in [0.29, 0.717) is 11.7 Å². The molecule has 0 unspecified atom stereocenters. The first kappa shape index (κ1) is 18.9. The van der Waals surface area contributed by atoms with Crippen molar-refractivity contribution in [3.8, 4) is 0 Å². The molecule has 0 saturated heterocycles. The van der Waals surface area contributed by atoms with Gasteiger partial charge in [0.2, 0.25) is 5.89 Å². The normalized spacial score (nSPS) is 14.3. The first-order valence-electron chi connectivity index (χ1n) is 7.57. The monoisotopic (exact) mass is 321 g/mol. The highest BCUT2D eigenvalue weighted by molar-refractivity contribution is 5.68. The topological polar surface area (TPSA) is 77.2 Å². The maximum absolute atomic E-state index is 12.1. The zero-order chi connectivity index (χ0) is 17.8. The summed E-state index contributed by atoms with van der Waals surface area (Å²) >= 11 is 0. The third kappa shape index (κ3) is 5.88. The Morgan fingerprint density at radius 3 is 2.39 bits per heavy atom. The van der Waals surface area contributed by atoms with Crippen LogP contribution in [-0.2, 0) is 4.74 Å². The summed E-state index contributed by atoms with van der Waals surface area (Å²) in [6.07, 6.45) is 2.93. The fraction of sp³-hybridized carbons (Fsp3) is 0.588. The molecule has 0 fully saturated rings. The smallest absolute Gasteiger partial charge is 0.408 e. The largest absolute Gasteiger partial charge is 0.444 e. The molecular weight excluding hydrogens is 294 g/mol. The highest BCUT2D eigenvalue weighted by Crippen LogP contribution is 2.32. The van der Waals surface area contributed by atoms with E-state index in [1.807, 2.05) is 48.5 Å². The molecule has 6 heteroatoms. The molecule has 128 valence electrons. The molecule has 0 radical (unpaired) electrons. The number of hydrogen-bond acceptors (Lipinski definition) is 5. The van der Waals surface area contributed by atoms with Gasteiger partial charge in [-0.3, -0.25) is 0 Å². The summed E-state index contributed by atoms with van der Waals surface area (Å²) in [6.45, 7) is 16.9. The molecule has 0 aliphatic heterocycles. The number of rotatable bonds is 4. The van der Waals surface area contributed by atoms with Gasteiger partial charge in [-0.05, 0) is 38.7 Å². The van der Waals surface area contributed by atoms with Gasteiger partial charge in [-0.25, -0.2) is 4.79 Å². The average molecular weight is 321 g/mol. The Morgan fingerprint density at radius 1 is 1.30 bits per heavy atom. The van der Waals surface area contributed by atoms with Gasteiger partial charge in [0.25, 0.3) is 0 Å². The van der Waals surface area contributed by atoms with Crippen LogP contribution in [0.2, 0.25) is 0 Å². The molecule has 1 rings (SSSR count). The molecule has 0 aliphatic rings. The van der Waals surface area contributed by atoms with E-state index in [-0.39, 0.29) is 5.41 Å². The van der Waals surface area contributed by atoms with Crippen molar-refractivity contribution >= 4 is 11.7 Å². The lowest BCUT2D eigenvalue weighted by Gasteiger charge is -2.29.